The maximum absolute atomic E-state index is 14.0. The fourth-order valence-corrected chi connectivity index (χ4v) is 2.89. The van der Waals surface area contributed by atoms with Crippen LogP contribution >= 0.6 is 15.9 Å². The summed E-state index contributed by atoms with van der Waals surface area (Å²) in [5.74, 6) is 0.757. The molecule has 1 aromatic carbocycles. The second-order valence-corrected chi connectivity index (χ2v) is 6.08. The molecule has 0 atom stereocenters. The molecule has 1 aliphatic heterocycles. The molecule has 25 heavy (non-hydrogen) atoms. The van der Waals surface area contributed by atoms with E-state index >= 15 is 0 Å². The van der Waals surface area contributed by atoms with Crippen molar-refractivity contribution in [1.82, 2.24) is 9.97 Å². The number of ether oxygens (including phenoxy) is 2. The molecule has 3 rings (SSSR count). The van der Waals surface area contributed by atoms with Gasteiger partial charge < -0.3 is 14.4 Å². The van der Waals surface area contributed by atoms with Crippen molar-refractivity contribution >= 4 is 33.9 Å². The van der Waals surface area contributed by atoms with Crippen LogP contribution in [0, 0.1) is 5.82 Å². The van der Waals surface area contributed by atoms with Gasteiger partial charge >= 0.3 is 0 Å². The summed E-state index contributed by atoms with van der Waals surface area (Å²) in [6.07, 6.45) is 2.75. The third kappa shape index (κ3) is 4.43. The largest absolute Gasteiger partial charge is 0.496 e. The van der Waals surface area contributed by atoms with Crippen molar-refractivity contribution in [2.75, 3.05) is 43.7 Å². The summed E-state index contributed by atoms with van der Waals surface area (Å²) in [7, 11) is 1.60. The van der Waals surface area contributed by atoms with Crippen LogP contribution in [-0.4, -0.2) is 49.6 Å². The maximum atomic E-state index is 14.0. The topological polar surface area (TPSA) is 71.9 Å². The van der Waals surface area contributed by atoms with E-state index in [9.17, 15) is 4.39 Å². The smallest absolute Gasteiger partial charge is 0.245 e. The van der Waals surface area contributed by atoms with Crippen molar-refractivity contribution in [2.24, 2.45) is 5.10 Å². The van der Waals surface area contributed by atoms with Crippen molar-refractivity contribution < 1.29 is 13.9 Å². The predicted octanol–water partition coefficient (Wildman–Crippen LogP) is 2.67. The lowest BCUT2D eigenvalue weighted by molar-refractivity contribution is 0.122. The first-order chi connectivity index (χ1) is 12.2. The zero-order valence-corrected chi connectivity index (χ0v) is 15.2. The van der Waals surface area contributed by atoms with Gasteiger partial charge in [0.25, 0.3) is 0 Å². The van der Waals surface area contributed by atoms with Gasteiger partial charge in [0.1, 0.15) is 5.75 Å². The third-order valence-electron chi connectivity index (χ3n) is 3.59. The Bertz CT molecular complexity index is 768. The molecule has 0 radical (unpaired) electrons. The molecular formula is C16H17BrFN5O2. The standard InChI is InChI=1S/C16H17BrFN5O2/c1-24-14-3-2-11(8-12(14)17)9-20-22-16-19-10-13(18)15(21-16)23-4-6-25-7-5-23/h2-3,8-10H,4-7H2,1H3,(H,19,21,22). The summed E-state index contributed by atoms with van der Waals surface area (Å²) in [6.45, 7) is 2.29. The number of morpholine rings is 1. The van der Waals surface area contributed by atoms with Crippen LogP contribution in [0.4, 0.5) is 16.2 Å². The number of anilines is 2. The first kappa shape index (κ1) is 17.6. The Labute approximate surface area is 153 Å². The zero-order valence-electron chi connectivity index (χ0n) is 13.6. The van der Waals surface area contributed by atoms with Gasteiger partial charge in [-0.25, -0.2) is 14.8 Å². The van der Waals surface area contributed by atoms with E-state index in [2.05, 4.69) is 36.4 Å². The first-order valence-electron chi connectivity index (χ1n) is 7.65. The Morgan fingerprint density at radius 3 is 2.92 bits per heavy atom. The van der Waals surface area contributed by atoms with Crippen molar-refractivity contribution in [3.8, 4) is 5.75 Å². The predicted molar refractivity (Wildman–Crippen MR) is 96.9 cm³/mol. The summed E-state index contributed by atoms with van der Waals surface area (Å²) in [4.78, 5) is 9.94. The van der Waals surface area contributed by atoms with Gasteiger partial charge in [0.05, 0.1) is 37.2 Å². The van der Waals surface area contributed by atoms with E-state index in [1.54, 1.807) is 13.3 Å². The number of halogens is 2. The quantitative estimate of drug-likeness (QED) is 0.604. The molecule has 1 aromatic heterocycles. The van der Waals surface area contributed by atoms with Crippen molar-refractivity contribution in [3.63, 3.8) is 0 Å². The Kier molecular flexibility index (Phi) is 5.77. The highest BCUT2D eigenvalue weighted by Gasteiger charge is 2.17. The molecule has 7 nitrogen and oxygen atoms in total. The molecule has 0 amide bonds. The van der Waals surface area contributed by atoms with Crippen molar-refractivity contribution in [1.29, 1.82) is 0 Å². The summed E-state index contributed by atoms with van der Waals surface area (Å²) in [5, 5.41) is 4.10. The van der Waals surface area contributed by atoms with Crippen LogP contribution in [0.3, 0.4) is 0 Å². The number of hydrogen-bond acceptors (Lipinski definition) is 7. The fourth-order valence-electron chi connectivity index (χ4n) is 2.34. The summed E-state index contributed by atoms with van der Waals surface area (Å²) >= 11 is 3.42. The molecule has 0 aliphatic carbocycles. The van der Waals surface area contributed by atoms with E-state index in [1.165, 1.54) is 0 Å². The van der Waals surface area contributed by atoms with E-state index in [4.69, 9.17) is 9.47 Å². The highest BCUT2D eigenvalue weighted by molar-refractivity contribution is 9.10. The van der Waals surface area contributed by atoms with Crippen LogP contribution in [0.2, 0.25) is 0 Å². The van der Waals surface area contributed by atoms with Crippen LogP contribution in [0.1, 0.15) is 5.56 Å². The van der Waals surface area contributed by atoms with Gasteiger partial charge in [-0.05, 0) is 39.7 Å². The molecule has 2 heterocycles. The fraction of sp³-hybridized carbons (Fsp3) is 0.312. The lowest BCUT2D eigenvalue weighted by atomic mass is 10.2. The summed E-state index contributed by atoms with van der Waals surface area (Å²) in [5.41, 5.74) is 3.58. The van der Waals surface area contributed by atoms with Crippen molar-refractivity contribution in [3.05, 3.63) is 40.2 Å². The number of nitrogens with zero attached hydrogens (tertiary/aromatic N) is 4. The molecule has 1 aliphatic rings. The monoisotopic (exact) mass is 409 g/mol. The number of methoxy groups -OCH3 is 1. The summed E-state index contributed by atoms with van der Waals surface area (Å²) in [6, 6.07) is 5.56. The Morgan fingerprint density at radius 2 is 2.20 bits per heavy atom. The third-order valence-corrected chi connectivity index (χ3v) is 4.21. The van der Waals surface area contributed by atoms with Crippen LogP contribution in [0.25, 0.3) is 0 Å². The SMILES string of the molecule is COc1ccc(C=NNc2ncc(F)c(N3CCOCC3)n2)cc1Br. The van der Waals surface area contributed by atoms with Gasteiger partial charge in [0.2, 0.25) is 5.95 Å². The highest BCUT2D eigenvalue weighted by atomic mass is 79.9. The minimum atomic E-state index is -0.462. The number of benzene rings is 1. The molecule has 0 spiro atoms. The summed E-state index contributed by atoms with van der Waals surface area (Å²) < 4.78 is 25.2. The van der Waals surface area contributed by atoms with Crippen LogP contribution in [0.5, 0.6) is 5.75 Å². The molecule has 0 saturated carbocycles. The average molecular weight is 410 g/mol. The number of aromatic nitrogens is 2. The van der Waals surface area contributed by atoms with E-state index < -0.39 is 5.82 Å². The van der Waals surface area contributed by atoms with E-state index in [-0.39, 0.29) is 11.8 Å². The van der Waals surface area contributed by atoms with E-state index in [0.717, 1.165) is 22.0 Å². The first-order valence-corrected chi connectivity index (χ1v) is 8.44. The maximum Gasteiger partial charge on any atom is 0.245 e. The van der Waals surface area contributed by atoms with Gasteiger partial charge in [0.15, 0.2) is 11.6 Å². The normalized spacial score (nSPS) is 14.8. The Hall–Kier alpha value is -2.26. The van der Waals surface area contributed by atoms with Crippen LogP contribution < -0.4 is 15.1 Å². The van der Waals surface area contributed by atoms with Gasteiger partial charge in [-0.2, -0.15) is 10.1 Å². The number of hydrazone groups is 1. The molecular weight excluding hydrogens is 393 g/mol. The highest BCUT2D eigenvalue weighted by Crippen LogP contribution is 2.25. The van der Waals surface area contributed by atoms with Gasteiger partial charge in [-0.1, -0.05) is 0 Å². The molecule has 0 bridgehead atoms. The average Bonchev–Trinajstić information content (AvgIpc) is 2.64. The molecule has 1 N–H and O–H groups in total. The molecule has 9 heteroatoms. The molecule has 132 valence electrons. The van der Waals surface area contributed by atoms with Gasteiger partial charge in [-0.15, -0.1) is 0 Å². The second kappa shape index (κ2) is 8.21. The minimum Gasteiger partial charge on any atom is -0.496 e. The zero-order chi connectivity index (χ0) is 17.6. The number of hydrogen-bond donors (Lipinski definition) is 1. The molecule has 1 fully saturated rings. The van der Waals surface area contributed by atoms with Gasteiger partial charge in [-0.3, -0.25) is 0 Å². The minimum absolute atomic E-state index is 0.228. The van der Waals surface area contributed by atoms with Crippen molar-refractivity contribution in [2.45, 2.75) is 0 Å². The number of rotatable bonds is 5. The lowest BCUT2D eigenvalue weighted by Gasteiger charge is -2.27. The Balaban J connectivity index is 1.69. The van der Waals surface area contributed by atoms with Crippen LogP contribution in [0.15, 0.2) is 34.0 Å². The van der Waals surface area contributed by atoms with Crippen LogP contribution in [-0.2, 0) is 4.74 Å². The molecule has 1 saturated heterocycles. The second-order valence-electron chi connectivity index (χ2n) is 5.23. The Morgan fingerprint density at radius 1 is 1.40 bits per heavy atom. The van der Waals surface area contributed by atoms with Gasteiger partial charge in [0, 0.05) is 13.1 Å². The van der Waals surface area contributed by atoms with E-state index in [0.29, 0.717) is 26.3 Å². The van der Waals surface area contributed by atoms with E-state index in [1.807, 2.05) is 23.1 Å². The number of nitrogens with one attached hydrogen (secondary N) is 1. The molecule has 2 aromatic rings. The molecule has 0 unspecified atom stereocenters. The lowest BCUT2D eigenvalue weighted by Crippen LogP contribution is -2.37.